The Morgan fingerprint density at radius 1 is 1.25 bits per heavy atom. The van der Waals surface area contributed by atoms with Crippen molar-refractivity contribution in [1.82, 2.24) is 9.55 Å². The van der Waals surface area contributed by atoms with Crippen molar-refractivity contribution in [2.45, 2.75) is 38.1 Å². The number of aromatic nitrogens is 2. The SMILES string of the molecule is CC1COCCN1c1cc(=O)n2c(n1)N(CC(=O)Nc1ccccc1)C(C(F)(F)F)CC2. The minimum atomic E-state index is -4.59. The molecular weight excluding hydrogens is 427 g/mol. The summed E-state index contributed by atoms with van der Waals surface area (Å²) in [7, 11) is 0. The molecule has 0 radical (unpaired) electrons. The number of fused-ring (bicyclic) bond motifs is 1. The van der Waals surface area contributed by atoms with E-state index in [2.05, 4.69) is 10.3 Å². The minimum Gasteiger partial charge on any atom is -0.377 e. The first-order valence-corrected chi connectivity index (χ1v) is 10.4. The number of ether oxygens (including phenoxy) is 1. The number of halogens is 3. The van der Waals surface area contributed by atoms with Crippen LogP contribution in [0.2, 0.25) is 0 Å². The van der Waals surface area contributed by atoms with E-state index < -0.39 is 30.2 Å². The lowest BCUT2D eigenvalue weighted by Gasteiger charge is -2.40. The zero-order valence-corrected chi connectivity index (χ0v) is 17.5. The van der Waals surface area contributed by atoms with E-state index in [1.807, 2.05) is 11.8 Å². The molecule has 2 aliphatic heterocycles. The Balaban J connectivity index is 1.69. The molecule has 2 atom stereocenters. The molecule has 1 amide bonds. The van der Waals surface area contributed by atoms with Gasteiger partial charge in [-0.3, -0.25) is 14.2 Å². The number of nitrogens with zero attached hydrogens (tertiary/aromatic N) is 4. The van der Waals surface area contributed by atoms with E-state index in [0.717, 1.165) is 4.90 Å². The number of rotatable bonds is 4. The molecule has 11 heteroatoms. The second kappa shape index (κ2) is 8.81. The van der Waals surface area contributed by atoms with E-state index in [-0.39, 0.29) is 30.8 Å². The fourth-order valence-corrected chi connectivity index (χ4v) is 4.07. The lowest BCUT2D eigenvalue weighted by Crippen LogP contribution is -2.55. The second-order valence-electron chi connectivity index (χ2n) is 7.91. The normalized spacial score (nSPS) is 21.2. The van der Waals surface area contributed by atoms with Gasteiger partial charge in [-0.1, -0.05) is 18.2 Å². The van der Waals surface area contributed by atoms with Gasteiger partial charge < -0.3 is 19.9 Å². The van der Waals surface area contributed by atoms with Crippen molar-refractivity contribution in [2.24, 2.45) is 0 Å². The van der Waals surface area contributed by atoms with Gasteiger partial charge in [0.1, 0.15) is 18.4 Å². The van der Waals surface area contributed by atoms with Gasteiger partial charge in [-0.25, -0.2) is 0 Å². The van der Waals surface area contributed by atoms with E-state index in [0.29, 0.717) is 25.4 Å². The van der Waals surface area contributed by atoms with E-state index in [4.69, 9.17) is 4.74 Å². The van der Waals surface area contributed by atoms with Crippen molar-refractivity contribution >= 4 is 23.4 Å². The largest absolute Gasteiger partial charge is 0.408 e. The molecule has 1 aromatic heterocycles. The minimum absolute atomic E-state index is 0.0875. The highest BCUT2D eigenvalue weighted by Gasteiger charge is 2.47. The maximum Gasteiger partial charge on any atom is 0.408 e. The fraction of sp³-hybridized carbons (Fsp3) is 0.476. The third-order valence-corrected chi connectivity index (χ3v) is 5.65. The van der Waals surface area contributed by atoms with Crippen LogP contribution in [-0.4, -0.2) is 60.0 Å². The summed E-state index contributed by atoms with van der Waals surface area (Å²) in [6.07, 6.45) is -4.93. The van der Waals surface area contributed by atoms with Gasteiger partial charge in [0.15, 0.2) is 0 Å². The van der Waals surface area contributed by atoms with Gasteiger partial charge in [-0.15, -0.1) is 0 Å². The Kier molecular flexibility index (Phi) is 6.09. The lowest BCUT2D eigenvalue weighted by atomic mass is 10.1. The van der Waals surface area contributed by atoms with Crippen LogP contribution in [0.3, 0.4) is 0 Å². The molecule has 1 aromatic carbocycles. The van der Waals surface area contributed by atoms with Gasteiger partial charge in [0.25, 0.3) is 5.56 Å². The highest BCUT2D eigenvalue weighted by Crippen LogP contribution is 2.34. The molecule has 0 bridgehead atoms. The first-order chi connectivity index (χ1) is 15.2. The first kappa shape index (κ1) is 22.1. The van der Waals surface area contributed by atoms with Crippen molar-refractivity contribution in [3.63, 3.8) is 0 Å². The van der Waals surface area contributed by atoms with Gasteiger partial charge in [0.05, 0.1) is 19.3 Å². The Morgan fingerprint density at radius 3 is 2.69 bits per heavy atom. The number of amides is 1. The maximum absolute atomic E-state index is 13.9. The van der Waals surface area contributed by atoms with Gasteiger partial charge in [-0.05, 0) is 25.5 Å². The van der Waals surface area contributed by atoms with Crippen LogP contribution in [0.1, 0.15) is 13.3 Å². The van der Waals surface area contributed by atoms with Crippen LogP contribution < -0.4 is 20.7 Å². The third-order valence-electron chi connectivity index (χ3n) is 5.65. The summed E-state index contributed by atoms with van der Waals surface area (Å²) in [4.78, 5) is 32.6. The number of carbonyl (C=O) groups excluding carboxylic acids is 1. The molecular formula is C21H24F3N5O3. The number of nitrogens with one attached hydrogen (secondary N) is 1. The van der Waals surface area contributed by atoms with Gasteiger partial charge in [0, 0.05) is 24.8 Å². The van der Waals surface area contributed by atoms with E-state index >= 15 is 0 Å². The molecule has 2 aliphatic rings. The summed E-state index contributed by atoms with van der Waals surface area (Å²) in [6, 6.07) is 7.79. The summed E-state index contributed by atoms with van der Waals surface area (Å²) < 4.78 is 48.2. The van der Waals surface area contributed by atoms with Gasteiger partial charge >= 0.3 is 6.18 Å². The number of hydrogen-bond acceptors (Lipinski definition) is 6. The number of hydrogen-bond donors (Lipinski definition) is 1. The van der Waals surface area contributed by atoms with Gasteiger partial charge in [-0.2, -0.15) is 18.2 Å². The van der Waals surface area contributed by atoms with E-state index in [1.54, 1.807) is 30.3 Å². The third kappa shape index (κ3) is 4.57. The quantitative estimate of drug-likeness (QED) is 0.768. The smallest absolute Gasteiger partial charge is 0.377 e. The van der Waals surface area contributed by atoms with E-state index in [9.17, 15) is 22.8 Å². The lowest BCUT2D eigenvalue weighted by molar-refractivity contribution is -0.153. The van der Waals surface area contributed by atoms with Gasteiger partial charge in [0.2, 0.25) is 11.9 Å². The van der Waals surface area contributed by atoms with Crippen molar-refractivity contribution in [3.8, 4) is 0 Å². The summed E-state index contributed by atoms with van der Waals surface area (Å²) in [5, 5.41) is 2.60. The van der Waals surface area contributed by atoms with Crippen LogP contribution >= 0.6 is 0 Å². The molecule has 0 saturated carbocycles. The predicted molar refractivity (Wildman–Crippen MR) is 113 cm³/mol. The summed E-state index contributed by atoms with van der Waals surface area (Å²) in [5.74, 6) is -0.491. The summed E-state index contributed by atoms with van der Waals surface area (Å²) in [6.45, 7) is 2.50. The maximum atomic E-state index is 13.9. The zero-order chi connectivity index (χ0) is 22.9. The monoisotopic (exact) mass is 451 g/mol. The summed E-state index contributed by atoms with van der Waals surface area (Å²) >= 11 is 0. The van der Waals surface area contributed by atoms with Crippen molar-refractivity contribution < 1.29 is 22.7 Å². The molecule has 2 unspecified atom stereocenters. The topological polar surface area (TPSA) is 79.7 Å². The molecule has 0 spiro atoms. The molecule has 8 nitrogen and oxygen atoms in total. The van der Waals surface area contributed by atoms with Crippen LogP contribution in [0.25, 0.3) is 0 Å². The van der Waals surface area contributed by atoms with Crippen molar-refractivity contribution in [1.29, 1.82) is 0 Å². The number of anilines is 3. The molecule has 1 fully saturated rings. The highest BCUT2D eigenvalue weighted by molar-refractivity contribution is 5.94. The number of morpholine rings is 1. The number of alkyl halides is 3. The fourth-order valence-electron chi connectivity index (χ4n) is 4.07. The number of para-hydroxylation sites is 1. The molecule has 1 saturated heterocycles. The molecule has 0 aliphatic carbocycles. The van der Waals surface area contributed by atoms with Crippen LogP contribution in [0, 0.1) is 0 Å². The number of carbonyl (C=O) groups is 1. The Hall–Kier alpha value is -3.08. The van der Waals surface area contributed by atoms with Crippen LogP contribution in [0.4, 0.5) is 30.6 Å². The molecule has 3 heterocycles. The molecule has 32 heavy (non-hydrogen) atoms. The molecule has 2 aromatic rings. The molecule has 172 valence electrons. The standard InChI is InChI=1S/C21H24F3N5O3/c1-14-13-32-10-9-27(14)17-11-19(31)28-8-7-16(21(22,23)24)29(20(28)26-17)12-18(30)25-15-5-3-2-4-6-15/h2-6,11,14,16H,7-10,12-13H2,1H3,(H,25,30). The van der Waals surface area contributed by atoms with Crippen molar-refractivity contribution in [3.05, 3.63) is 46.8 Å². The Bertz CT molecular complexity index is 1030. The Morgan fingerprint density at radius 2 is 2.00 bits per heavy atom. The van der Waals surface area contributed by atoms with E-state index in [1.165, 1.54) is 10.6 Å². The average Bonchev–Trinajstić information content (AvgIpc) is 2.74. The van der Waals surface area contributed by atoms with Crippen molar-refractivity contribution in [2.75, 3.05) is 41.4 Å². The van der Waals surface area contributed by atoms with Crippen LogP contribution in [0.5, 0.6) is 0 Å². The second-order valence-corrected chi connectivity index (χ2v) is 7.91. The van der Waals surface area contributed by atoms with Crippen LogP contribution in [0.15, 0.2) is 41.2 Å². The zero-order valence-electron chi connectivity index (χ0n) is 17.5. The highest BCUT2D eigenvalue weighted by atomic mass is 19.4. The number of benzene rings is 1. The summed E-state index contributed by atoms with van der Waals surface area (Å²) in [5.41, 5.74) is 0.0251. The molecule has 1 N–H and O–H groups in total. The molecule has 4 rings (SSSR count). The predicted octanol–water partition coefficient (Wildman–Crippen LogP) is 2.25. The Labute approximate surface area is 182 Å². The first-order valence-electron chi connectivity index (χ1n) is 10.4. The van der Waals surface area contributed by atoms with Crippen LogP contribution in [-0.2, 0) is 16.1 Å². The average molecular weight is 451 g/mol.